The molecular formula is C12H24N2O3S. The summed E-state index contributed by atoms with van der Waals surface area (Å²) in [6.07, 6.45) is 3.41. The average molecular weight is 276 g/mol. The molecule has 0 aromatic heterocycles. The average Bonchev–Trinajstić information content (AvgIpc) is 2.13. The van der Waals surface area contributed by atoms with Crippen LogP contribution in [0.25, 0.3) is 0 Å². The van der Waals surface area contributed by atoms with Gasteiger partial charge in [-0.15, -0.1) is 0 Å². The maximum absolute atomic E-state index is 11.5. The molecule has 0 saturated carbocycles. The van der Waals surface area contributed by atoms with E-state index >= 15 is 0 Å². The molecule has 0 aliphatic carbocycles. The van der Waals surface area contributed by atoms with Crippen LogP contribution in [0, 0.1) is 11.8 Å². The van der Waals surface area contributed by atoms with E-state index in [0.717, 1.165) is 6.42 Å². The minimum atomic E-state index is -2.93. The van der Waals surface area contributed by atoms with Crippen molar-refractivity contribution in [3.8, 4) is 0 Å². The number of hydrogen-bond acceptors (Lipinski definition) is 4. The van der Waals surface area contributed by atoms with Crippen LogP contribution in [0.5, 0.6) is 0 Å². The highest BCUT2D eigenvalue weighted by Gasteiger charge is 2.36. The highest BCUT2D eigenvalue weighted by molar-refractivity contribution is 7.90. The first kappa shape index (κ1) is 15.4. The van der Waals surface area contributed by atoms with E-state index in [2.05, 4.69) is 12.2 Å². The third kappa shape index (κ3) is 4.57. The molecule has 0 bridgehead atoms. The summed E-state index contributed by atoms with van der Waals surface area (Å²) in [5.41, 5.74) is 5.45. The monoisotopic (exact) mass is 276 g/mol. The molecule has 1 heterocycles. The molecule has 1 rings (SSSR count). The Labute approximate surface area is 109 Å². The van der Waals surface area contributed by atoms with Crippen LogP contribution in [-0.4, -0.2) is 38.4 Å². The van der Waals surface area contributed by atoms with Crippen molar-refractivity contribution >= 4 is 15.7 Å². The number of nitrogens with two attached hydrogens (primary N) is 1. The molecule has 0 aromatic rings. The van der Waals surface area contributed by atoms with Gasteiger partial charge in [0.25, 0.3) is 0 Å². The van der Waals surface area contributed by atoms with Crippen LogP contribution < -0.4 is 11.1 Å². The van der Waals surface area contributed by atoms with Crippen LogP contribution in [0.4, 0.5) is 0 Å². The van der Waals surface area contributed by atoms with E-state index in [1.807, 2.05) is 6.92 Å². The summed E-state index contributed by atoms with van der Waals surface area (Å²) < 4.78 is 22.2. The largest absolute Gasteiger partial charge is 0.369 e. The third-order valence-corrected chi connectivity index (χ3v) is 4.66. The lowest BCUT2D eigenvalue weighted by Crippen LogP contribution is -2.54. The normalized spacial score (nSPS) is 33.3. The quantitative estimate of drug-likeness (QED) is 0.756. The van der Waals surface area contributed by atoms with Gasteiger partial charge in [0, 0.05) is 24.1 Å². The Morgan fingerprint density at radius 1 is 1.39 bits per heavy atom. The van der Waals surface area contributed by atoms with Crippen LogP contribution in [0.1, 0.15) is 33.1 Å². The maximum atomic E-state index is 11.5. The summed E-state index contributed by atoms with van der Waals surface area (Å²) in [5, 5.41) is 3.37. The fourth-order valence-corrected chi connectivity index (χ4v) is 3.64. The van der Waals surface area contributed by atoms with Gasteiger partial charge in [0.15, 0.2) is 0 Å². The van der Waals surface area contributed by atoms with Gasteiger partial charge in [-0.2, -0.15) is 0 Å². The highest BCUT2D eigenvalue weighted by atomic mass is 32.2. The van der Waals surface area contributed by atoms with Crippen LogP contribution in [0.15, 0.2) is 0 Å². The Morgan fingerprint density at radius 2 is 2.00 bits per heavy atom. The van der Waals surface area contributed by atoms with Gasteiger partial charge < -0.3 is 11.1 Å². The van der Waals surface area contributed by atoms with Crippen molar-refractivity contribution in [2.75, 3.05) is 12.0 Å². The van der Waals surface area contributed by atoms with E-state index < -0.39 is 9.84 Å². The number of primary amides is 1. The molecule has 106 valence electrons. The number of rotatable bonds is 5. The molecule has 1 amide bonds. The van der Waals surface area contributed by atoms with Gasteiger partial charge >= 0.3 is 0 Å². The van der Waals surface area contributed by atoms with E-state index in [1.54, 1.807) is 0 Å². The van der Waals surface area contributed by atoms with E-state index in [-0.39, 0.29) is 29.5 Å². The van der Waals surface area contributed by atoms with Crippen molar-refractivity contribution in [2.45, 2.75) is 45.2 Å². The molecule has 4 unspecified atom stereocenters. The van der Waals surface area contributed by atoms with Crippen LogP contribution in [0.2, 0.25) is 0 Å². The summed E-state index contributed by atoms with van der Waals surface area (Å²) in [4.78, 5) is 11.5. The number of nitrogens with one attached hydrogen (secondary N) is 1. The molecule has 6 heteroatoms. The number of piperidine rings is 1. The minimum Gasteiger partial charge on any atom is -0.369 e. The molecule has 3 N–H and O–H groups in total. The Kier molecular flexibility index (Phi) is 5.16. The second-order valence-corrected chi connectivity index (χ2v) is 7.85. The number of carbonyl (C=O) groups is 1. The van der Waals surface area contributed by atoms with Gasteiger partial charge in [0.1, 0.15) is 9.84 Å². The Balaban J connectivity index is 2.61. The molecular weight excluding hydrogens is 252 g/mol. The number of amides is 1. The van der Waals surface area contributed by atoms with Gasteiger partial charge in [-0.25, -0.2) is 8.42 Å². The first-order valence-corrected chi connectivity index (χ1v) is 8.50. The molecule has 18 heavy (non-hydrogen) atoms. The number of sulfone groups is 1. The van der Waals surface area contributed by atoms with Crippen molar-refractivity contribution < 1.29 is 13.2 Å². The van der Waals surface area contributed by atoms with E-state index in [1.165, 1.54) is 6.26 Å². The first-order chi connectivity index (χ1) is 8.20. The summed E-state index contributed by atoms with van der Waals surface area (Å²) in [7, 11) is -2.93. The van der Waals surface area contributed by atoms with Crippen molar-refractivity contribution in [3.05, 3.63) is 0 Å². The summed E-state index contributed by atoms with van der Waals surface area (Å²) in [6, 6.07) is 0.349. The smallest absolute Gasteiger partial charge is 0.222 e. The van der Waals surface area contributed by atoms with Crippen LogP contribution in [0.3, 0.4) is 0 Å². The van der Waals surface area contributed by atoms with Crippen LogP contribution >= 0.6 is 0 Å². The van der Waals surface area contributed by atoms with Gasteiger partial charge in [-0.3, -0.25) is 4.79 Å². The van der Waals surface area contributed by atoms with Crippen molar-refractivity contribution in [1.29, 1.82) is 0 Å². The summed E-state index contributed by atoms with van der Waals surface area (Å²) in [6.45, 7) is 4.12. The predicted octanol–water partition coefficient (Wildman–Crippen LogP) is 0.299. The second-order valence-electron chi connectivity index (χ2n) is 5.59. The molecule has 0 aromatic carbocycles. The lowest BCUT2D eigenvalue weighted by Gasteiger charge is -2.39. The molecule has 4 atom stereocenters. The lowest BCUT2D eigenvalue weighted by atomic mass is 9.77. The van der Waals surface area contributed by atoms with Crippen LogP contribution in [-0.2, 0) is 14.6 Å². The fourth-order valence-electron chi connectivity index (χ4n) is 2.95. The van der Waals surface area contributed by atoms with E-state index in [9.17, 15) is 13.2 Å². The van der Waals surface area contributed by atoms with Crippen molar-refractivity contribution in [2.24, 2.45) is 17.6 Å². The zero-order valence-corrected chi connectivity index (χ0v) is 12.2. The topological polar surface area (TPSA) is 89.3 Å². The number of hydrogen-bond donors (Lipinski definition) is 2. The molecule has 1 saturated heterocycles. The van der Waals surface area contributed by atoms with Gasteiger partial charge in [-0.05, 0) is 32.1 Å². The minimum absolute atomic E-state index is 0.00278. The predicted molar refractivity (Wildman–Crippen MR) is 71.8 cm³/mol. The first-order valence-electron chi connectivity index (χ1n) is 6.44. The molecule has 1 aliphatic heterocycles. The third-order valence-electron chi connectivity index (χ3n) is 3.63. The lowest BCUT2D eigenvalue weighted by molar-refractivity contribution is -0.125. The van der Waals surface area contributed by atoms with Gasteiger partial charge in [0.05, 0.1) is 5.92 Å². The molecule has 0 radical (unpaired) electrons. The van der Waals surface area contributed by atoms with E-state index in [4.69, 9.17) is 5.73 Å². The molecule has 0 spiro atoms. The van der Waals surface area contributed by atoms with Gasteiger partial charge in [0.2, 0.25) is 5.91 Å². The standard InChI is InChI=1S/C12H24N2O3S/c1-8-7-9(2)14-10(11(8)12(13)15)5-4-6-18(3,16)17/h8-11,14H,4-7H2,1-3H3,(H2,13,15). The molecule has 1 fully saturated rings. The van der Waals surface area contributed by atoms with Gasteiger partial charge in [-0.1, -0.05) is 6.92 Å². The highest BCUT2D eigenvalue weighted by Crippen LogP contribution is 2.28. The van der Waals surface area contributed by atoms with E-state index in [0.29, 0.717) is 18.9 Å². The zero-order valence-electron chi connectivity index (χ0n) is 11.3. The Hall–Kier alpha value is -0.620. The molecule has 5 nitrogen and oxygen atoms in total. The number of carbonyl (C=O) groups excluding carboxylic acids is 1. The Morgan fingerprint density at radius 3 is 2.50 bits per heavy atom. The van der Waals surface area contributed by atoms with Crippen molar-refractivity contribution in [3.63, 3.8) is 0 Å². The molecule has 1 aliphatic rings. The van der Waals surface area contributed by atoms with Crippen molar-refractivity contribution in [1.82, 2.24) is 5.32 Å². The zero-order chi connectivity index (χ0) is 13.9. The summed E-state index contributed by atoms with van der Waals surface area (Å²) >= 11 is 0. The fraction of sp³-hybridized carbons (Fsp3) is 0.917. The SMILES string of the molecule is CC1CC(C)C(C(N)=O)C(CCCS(C)(=O)=O)N1. The summed E-state index contributed by atoms with van der Waals surface area (Å²) in [5.74, 6) is -0.0617. The Bertz CT molecular complexity index is 394. The second kappa shape index (κ2) is 6.02. The maximum Gasteiger partial charge on any atom is 0.222 e.